The standard InChI is InChI=1S/C8H10O2.C4H8.C2H6/c1-2-6-5-7(9)3-4-8(6)10;1-3-4-2;1-2/h2H,3-5H2,1H3;3-4H,1-2H3;1-2H3/b6-2+;4-3-;. The van der Waals surface area contributed by atoms with E-state index in [0.717, 1.165) is 0 Å². The van der Waals surface area contributed by atoms with Crippen LogP contribution >= 0.6 is 0 Å². The van der Waals surface area contributed by atoms with Gasteiger partial charge in [-0.2, -0.15) is 0 Å². The van der Waals surface area contributed by atoms with Gasteiger partial charge < -0.3 is 0 Å². The summed E-state index contributed by atoms with van der Waals surface area (Å²) in [6.07, 6.45) is 6.95. The summed E-state index contributed by atoms with van der Waals surface area (Å²) in [4.78, 5) is 21.7. The molecule has 0 aromatic carbocycles. The van der Waals surface area contributed by atoms with E-state index in [1.807, 2.05) is 39.8 Å². The molecule has 1 rings (SSSR count). The fraction of sp³-hybridized carbons (Fsp3) is 0.571. The molecule has 0 saturated heterocycles. The Kier molecular flexibility index (Phi) is 12.8. The summed E-state index contributed by atoms with van der Waals surface area (Å²) in [6.45, 7) is 9.80. The van der Waals surface area contributed by atoms with Crippen molar-refractivity contribution in [3.63, 3.8) is 0 Å². The van der Waals surface area contributed by atoms with E-state index in [1.54, 1.807) is 13.0 Å². The third-order valence-corrected chi connectivity index (χ3v) is 2.06. The van der Waals surface area contributed by atoms with Crippen LogP contribution in [0, 0.1) is 0 Å². The molecule has 16 heavy (non-hydrogen) atoms. The fourth-order valence-corrected chi connectivity index (χ4v) is 1.08. The van der Waals surface area contributed by atoms with Crippen molar-refractivity contribution in [3.8, 4) is 0 Å². The van der Waals surface area contributed by atoms with Gasteiger partial charge in [0.15, 0.2) is 5.78 Å². The lowest BCUT2D eigenvalue weighted by Crippen LogP contribution is -2.15. The van der Waals surface area contributed by atoms with Crippen molar-refractivity contribution >= 4 is 11.6 Å². The van der Waals surface area contributed by atoms with Crippen LogP contribution in [0.3, 0.4) is 0 Å². The molecule has 1 aliphatic carbocycles. The number of Topliss-reactive ketones (excluding diaryl/α,β-unsaturated/α-hetero) is 2. The Morgan fingerprint density at radius 3 is 1.75 bits per heavy atom. The molecule has 0 bridgehead atoms. The van der Waals surface area contributed by atoms with Gasteiger partial charge >= 0.3 is 0 Å². The maximum Gasteiger partial charge on any atom is 0.159 e. The van der Waals surface area contributed by atoms with Crippen LogP contribution in [0.5, 0.6) is 0 Å². The number of rotatable bonds is 0. The van der Waals surface area contributed by atoms with Crippen LogP contribution in [0.25, 0.3) is 0 Å². The summed E-state index contributed by atoms with van der Waals surface area (Å²) in [5.74, 6) is 0.329. The quantitative estimate of drug-likeness (QED) is 0.462. The van der Waals surface area contributed by atoms with Crippen molar-refractivity contribution in [2.24, 2.45) is 0 Å². The van der Waals surface area contributed by atoms with Gasteiger partial charge in [0, 0.05) is 19.3 Å². The van der Waals surface area contributed by atoms with Crippen molar-refractivity contribution in [3.05, 3.63) is 23.8 Å². The fourth-order valence-electron chi connectivity index (χ4n) is 1.08. The first kappa shape index (κ1) is 17.2. The van der Waals surface area contributed by atoms with Gasteiger partial charge in [-0.05, 0) is 26.3 Å². The maximum absolute atomic E-state index is 11.0. The minimum absolute atomic E-state index is 0.141. The molecule has 0 unspecified atom stereocenters. The van der Waals surface area contributed by atoms with Crippen molar-refractivity contribution in [1.82, 2.24) is 0 Å². The van der Waals surface area contributed by atoms with E-state index < -0.39 is 0 Å². The van der Waals surface area contributed by atoms with Crippen LogP contribution in [0.15, 0.2) is 23.8 Å². The van der Waals surface area contributed by atoms with Crippen LogP contribution in [0.1, 0.15) is 53.9 Å². The number of carbonyl (C=O) groups excluding carboxylic acids is 2. The van der Waals surface area contributed by atoms with Gasteiger partial charge in [0.2, 0.25) is 0 Å². The van der Waals surface area contributed by atoms with Gasteiger partial charge in [0.05, 0.1) is 0 Å². The second kappa shape index (κ2) is 11.9. The van der Waals surface area contributed by atoms with E-state index in [0.29, 0.717) is 24.8 Å². The summed E-state index contributed by atoms with van der Waals surface area (Å²) in [5, 5.41) is 0. The predicted molar refractivity (Wildman–Crippen MR) is 69.5 cm³/mol. The Morgan fingerprint density at radius 1 is 0.938 bits per heavy atom. The second-order valence-corrected chi connectivity index (χ2v) is 3.12. The lowest BCUT2D eigenvalue weighted by Gasteiger charge is -2.10. The molecular formula is C14H24O2. The number of carbonyl (C=O) groups is 2. The Bertz CT molecular complexity index is 256. The molecule has 0 N–H and O–H groups in total. The molecule has 0 aliphatic heterocycles. The first-order valence-corrected chi connectivity index (χ1v) is 5.93. The molecule has 0 spiro atoms. The molecule has 92 valence electrons. The van der Waals surface area contributed by atoms with Crippen LogP contribution in [-0.2, 0) is 9.59 Å². The van der Waals surface area contributed by atoms with Crippen molar-refractivity contribution in [2.75, 3.05) is 0 Å². The van der Waals surface area contributed by atoms with Crippen LogP contribution in [0.2, 0.25) is 0 Å². The van der Waals surface area contributed by atoms with Gasteiger partial charge in [-0.1, -0.05) is 32.1 Å². The highest BCUT2D eigenvalue weighted by molar-refractivity contribution is 6.05. The first-order chi connectivity index (χ1) is 7.65. The molecule has 0 aromatic rings. The summed E-state index contributed by atoms with van der Waals surface area (Å²) in [7, 11) is 0. The number of hydrogen-bond donors (Lipinski definition) is 0. The van der Waals surface area contributed by atoms with Gasteiger partial charge in [-0.3, -0.25) is 9.59 Å². The highest BCUT2D eigenvalue weighted by atomic mass is 16.1. The molecule has 1 fully saturated rings. The van der Waals surface area contributed by atoms with Crippen LogP contribution < -0.4 is 0 Å². The lowest BCUT2D eigenvalue weighted by atomic mass is 9.92. The van der Waals surface area contributed by atoms with Gasteiger partial charge in [-0.15, -0.1) is 0 Å². The number of hydrogen-bond acceptors (Lipinski definition) is 2. The zero-order valence-corrected chi connectivity index (χ0v) is 11.2. The molecule has 0 aromatic heterocycles. The topological polar surface area (TPSA) is 34.1 Å². The van der Waals surface area contributed by atoms with E-state index in [2.05, 4.69) is 0 Å². The summed E-state index contributed by atoms with van der Waals surface area (Å²) in [6, 6.07) is 0. The minimum Gasteiger partial charge on any atom is -0.299 e. The van der Waals surface area contributed by atoms with E-state index in [9.17, 15) is 9.59 Å². The van der Waals surface area contributed by atoms with E-state index in [-0.39, 0.29) is 11.6 Å². The van der Waals surface area contributed by atoms with Crippen LogP contribution in [0.4, 0.5) is 0 Å². The molecule has 2 heteroatoms. The number of allylic oxidation sites excluding steroid dienone is 4. The van der Waals surface area contributed by atoms with E-state index in [1.165, 1.54) is 0 Å². The van der Waals surface area contributed by atoms with Crippen molar-refractivity contribution in [1.29, 1.82) is 0 Å². The molecule has 0 amide bonds. The Labute approximate surface area is 99.4 Å². The molecule has 0 atom stereocenters. The largest absolute Gasteiger partial charge is 0.299 e. The Morgan fingerprint density at radius 2 is 1.44 bits per heavy atom. The van der Waals surface area contributed by atoms with Crippen molar-refractivity contribution in [2.45, 2.75) is 53.9 Å². The average molecular weight is 224 g/mol. The second-order valence-electron chi connectivity index (χ2n) is 3.12. The third-order valence-electron chi connectivity index (χ3n) is 2.06. The Hall–Kier alpha value is -1.18. The van der Waals surface area contributed by atoms with E-state index >= 15 is 0 Å². The highest BCUT2D eigenvalue weighted by Crippen LogP contribution is 2.16. The lowest BCUT2D eigenvalue weighted by molar-refractivity contribution is -0.125. The summed E-state index contributed by atoms with van der Waals surface area (Å²) in [5.41, 5.74) is 0.691. The molecule has 1 saturated carbocycles. The molecule has 0 radical (unpaired) electrons. The van der Waals surface area contributed by atoms with Gasteiger partial charge in [-0.25, -0.2) is 0 Å². The van der Waals surface area contributed by atoms with Crippen molar-refractivity contribution < 1.29 is 9.59 Å². The van der Waals surface area contributed by atoms with Gasteiger partial charge in [0.25, 0.3) is 0 Å². The SMILES string of the molecule is C/C=C1\CC(=O)CCC1=O.C/C=C\C.CC. The average Bonchev–Trinajstić information content (AvgIpc) is 2.35. The smallest absolute Gasteiger partial charge is 0.159 e. The third kappa shape index (κ3) is 8.16. The number of ketones is 2. The minimum atomic E-state index is 0.141. The van der Waals surface area contributed by atoms with Gasteiger partial charge in [0.1, 0.15) is 5.78 Å². The van der Waals surface area contributed by atoms with E-state index in [4.69, 9.17) is 0 Å². The predicted octanol–water partition coefficient (Wildman–Crippen LogP) is 3.86. The zero-order chi connectivity index (χ0) is 13.0. The normalized spacial score (nSPS) is 17.7. The molecule has 1 aliphatic rings. The Balaban J connectivity index is 0. The molecule has 0 heterocycles. The first-order valence-electron chi connectivity index (χ1n) is 5.93. The monoisotopic (exact) mass is 224 g/mol. The summed E-state index contributed by atoms with van der Waals surface area (Å²) < 4.78 is 0. The van der Waals surface area contributed by atoms with Crippen LogP contribution in [-0.4, -0.2) is 11.6 Å². The zero-order valence-electron chi connectivity index (χ0n) is 11.2. The molecule has 2 nitrogen and oxygen atoms in total. The highest BCUT2D eigenvalue weighted by Gasteiger charge is 2.19. The maximum atomic E-state index is 11.0. The summed E-state index contributed by atoms with van der Waals surface area (Å²) >= 11 is 0. The molecular weight excluding hydrogens is 200 g/mol.